The molecule has 2 aromatic carbocycles. The van der Waals surface area contributed by atoms with Crippen molar-refractivity contribution in [3.05, 3.63) is 59.7 Å². The minimum absolute atomic E-state index is 0.00265. The number of alkyl carbamates (subject to hydrolysis) is 1. The fourth-order valence-electron chi connectivity index (χ4n) is 6.03. The minimum atomic E-state index is -0.810. The van der Waals surface area contributed by atoms with Crippen molar-refractivity contribution < 1.29 is 24.2 Å². The molecule has 0 spiro atoms. The lowest BCUT2D eigenvalue weighted by Gasteiger charge is -2.24. The molecule has 0 aromatic heterocycles. The van der Waals surface area contributed by atoms with Crippen molar-refractivity contribution in [2.45, 2.75) is 63.1 Å². The summed E-state index contributed by atoms with van der Waals surface area (Å²) in [4.78, 5) is 38.5. The maximum atomic E-state index is 12.8. The van der Waals surface area contributed by atoms with Crippen LogP contribution < -0.4 is 5.32 Å². The number of rotatable bonds is 7. The molecule has 1 aliphatic carbocycles. The SMILES string of the molecule is CC(CCC(=O)N1C2CCC1C(C(=O)O)C2)NC(=O)OCC1c2ccccc2-c2ccccc21. The highest BCUT2D eigenvalue weighted by molar-refractivity contribution is 5.81. The molecule has 3 aliphatic rings. The molecule has 0 saturated carbocycles. The van der Waals surface area contributed by atoms with E-state index in [1.165, 1.54) is 11.1 Å². The highest BCUT2D eigenvalue weighted by Gasteiger charge is 2.51. The highest BCUT2D eigenvalue weighted by Crippen LogP contribution is 2.44. The van der Waals surface area contributed by atoms with Gasteiger partial charge in [-0.25, -0.2) is 4.79 Å². The van der Waals surface area contributed by atoms with Crippen LogP contribution >= 0.6 is 0 Å². The first kappa shape index (κ1) is 22.4. The van der Waals surface area contributed by atoms with E-state index < -0.39 is 18.0 Å². The maximum absolute atomic E-state index is 12.8. The van der Waals surface area contributed by atoms with E-state index in [0.717, 1.165) is 24.0 Å². The normalized spacial score (nSPS) is 23.3. The quantitative estimate of drug-likeness (QED) is 0.644. The number of amides is 2. The molecule has 178 valence electrons. The number of aliphatic carboxylic acids is 1. The Labute approximate surface area is 199 Å². The van der Waals surface area contributed by atoms with Gasteiger partial charge in [0.05, 0.1) is 5.92 Å². The van der Waals surface area contributed by atoms with E-state index in [1.54, 1.807) is 4.90 Å². The molecule has 2 saturated heterocycles. The number of nitrogens with zero attached hydrogens (tertiary/aromatic N) is 1. The topological polar surface area (TPSA) is 95.9 Å². The van der Waals surface area contributed by atoms with Crippen LogP contribution in [0.25, 0.3) is 11.1 Å². The molecular formula is C27H30N2O5. The van der Waals surface area contributed by atoms with E-state index in [2.05, 4.69) is 29.6 Å². The number of ether oxygens (including phenoxy) is 1. The van der Waals surface area contributed by atoms with Gasteiger partial charge in [-0.3, -0.25) is 9.59 Å². The first-order chi connectivity index (χ1) is 16.4. The summed E-state index contributed by atoms with van der Waals surface area (Å²) in [6, 6.07) is 16.0. The zero-order valence-corrected chi connectivity index (χ0v) is 19.3. The molecule has 2 aliphatic heterocycles. The van der Waals surface area contributed by atoms with E-state index >= 15 is 0 Å². The highest BCUT2D eigenvalue weighted by atomic mass is 16.5. The number of fused-ring (bicyclic) bond motifs is 5. The first-order valence-corrected chi connectivity index (χ1v) is 12.1. The number of hydrogen-bond acceptors (Lipinski definition) is 4. The van der Waals surface area contributed by atoms with Crippen LogP contribution in [-0.2, 0) is 14.3 Å². The predicted molar refractivity (Wildman–Crippen MR) is 126 cm³/mol. The van der Waals surface area contributed by atoms with Gasteiger partial charge in [0.15, 0.2) is 0 Å². The minimum Gasteiger partial charge on any atom is -0.481 e. The lowest BCUT2D eigenvalue weighted by atomic mass is 9.89. The number of benzene rings is 2. The molecule has 7 heteroatoms. The van der Waals surface area contributed by atoms with Crippen molar-refractivity contribution in [2.75, 3.05) is 6.61 Å². The summed E-state index contributed by atoms with van der Waals surface area (Å²) in [7, 11) is 0. The van der Waals surface area contributed by atoms with Crippen molar-refractivity contribution in [1.82, 2.24) is 10.2 Å². The summed E-state index contributed by atoms with van der Waals surface area (Å²) < 4.78 is 5.59. The van der Waals surface area contributed by atoms with Crippen molar-refractivity contribution in [1.29, 1.82) is 0 Å². The van der Waals surface area contributed by atoms with Crippen molar-refractivity contribution in [3.8, 4) is 11.1 Å². The average Bonchev–Trinajstić information content (AvgIpc) is 3.51. The number of carboxylic acid groups (broad SMARTS) is 1. The van der Waals surface area contributed by atoms with Gasteiger partial charge in [-0.1, -0.05) is 48.5 Å². The van der Waals surface area contributed by atoms with E-state index in [1.807, 2.05) is 31.2 Å². The van der Waals surface area contributed by atoms with Gasteiger partial charge in [0.2, 0.25) is 5.91 Å². The van der Waals surface area contributed by atoms with Crippen LogP contribution in [0.3, 0.4) is 0 Å². The van der Waals surface area contributed by atoms with Crippen LogP contribution in [-0.4, -0.2) is 52.7 Å². The molecule has 34 heavy (non-hydrogen) atoms. The molecule has 2 N–H and O–H groups in total. The van der Waals surface area contributed by atoms with E-state index in [0.29, 0.717) is 12.8 Å². The van der Waals surface area contributed by atoms with Gasteiger partial charge in [0, 0.05) is 30.5 Å². The third kappa shape index (κ3) is 4.04. The zero-order valence-electron chi connectivity index (χ0n) is 19.3. The molecule has 5 rings (SSSR count). The van der Waals surface area contributed by atoms with Gasteiger partial charge in [-0.05, 0) is 54.9 Å². The monoisotopic (exact) mass is 462 g/mol. The Morgan fingerprint density at radius 1 is 1.06 bits per heavy atom. The van der Waals surface area contributed by atoms with Gasteiger partial charge >= 0.3 is 12.1 Å². The Kier molecular flexibility index (Phi) is 6.02. The van der Waals surface area contributed by atoms with Crippen LogP contribution in [0, 0.1) is 5.92 Å². The second-order valence-electron chi connectivity index (χ2n) is 9.69. The molecule has 2 amide bonds. The second kappa shape index (κ2) is 9.12. The lowest BCUT2D eigenvalue weighted by molar-refractivity contribution is -0.143. The zero-order chi connectivity index (χ0) is 23.8. The molecule has 4 unspecified atom stereocenters. The second-order valence-corrected chi connectivity index (χ2v) is 9.69. The Hall–Kier alpha value is -3.35. The van der Waals surface area contributed by atoms with Crippen LogP contribution in [0.2, 0.25) is 0 Å². The Morgan fingerprint density at radius 3 is 2.32 bits per heavy atom. The molecule has 2 heterocycles. The largest absolute Gasteiger partial charge is 0.481 e. The van der Waals surface area contributed by atoms with E-state index in [9.17, 15) is 19.5 Å². The number of carbonyl (C=O) groups excluding carboxylic acids is 2. The summed E-state index contributed by atoms with van der Waals surface area (Å²) in [6.07, 6.45) is 2.48. The lowest BCUT2D eigenvalue weighted by Crippen LogP contribution is -2.39. The van der Waals surface area contributed by atoms with Crippen LogP contribution in [0.4, 0.5) is 4.79 Å². The maximum Gasteiger partial charge on any atom is 0.407 e. The molecule has 2 fully saturated rings. The summed E-state index contributed by atoms with van der Waals surface area (Å²) in [6.45, 7) is 2.10. The Balaban J connectivity index is 1.11. The molecule has 4 atom stereocenters. The van der Waals surface area contributed by atoms with Crippen LogP contribution in [0.15, 0.2) is 48.5 Å². The van der Waals surface area contributed by atoms with Crippen molar-refractivity contribution in [2.24, 2.45) is 5.92 Å². The van der Waals surface area contributed by atoms with Crippen molar-refractivity contribution >= 4 is 18.0 Å². The van der Waals surface area contributed by atoms with Gasteiger partial charge in [0.25, 0.3) is 0 Å². The standard InChI is InChI=1S/C27H30N2O5/c1-16(10-13-25(30)29-17-11-12-24(29)22(14-17)26(31)32)28-27(33)34-15-23-20-8-4-2-6-18(20)19-7-3-5-9-21(19)23/h2-9,16-17,22-24H,10-15H2,1H3,(H,28,33)(H,31,32). The summed E-state index contributed by atoms with van der Waals surface area (Å²) in [5.74, 6) is -1.27. The fourth-order valence-corrected chi connectivity index (χ4v) is 6.03. The van der Waals surface area contributed by atoms with E-state index in [-0.39, 0.29) is 43.0 Å². The van der Waals surface area contributed by atoms with Gasteiger partial charge in [0.1, 0.15) is 6.61 Å². The third-order valence-electron chi connectivity index (χ3n) is 7.64. The Bertz CT molecular complexity index is 1070. The summed E-state index contributed by atoms with van der Waals surface area (Å²) in [5, 5.41) is 12.2. The first-order valence-electron chi connectivity index (χ1n) is 12.1. The smallest absolute Gasteiger partial charge is 0.407 e. The summed E-state index contributed by atoms with van der Waals surface area (Å²) >= 11 is 0. The molecule has 0 radical (unpaired) electrons. The molecule has 2 aromatic rings. The van der Waals surface area contributed by atoms with Gasteiger partial charge in [-0.15, -0.1) is 0 Å². The van der Waals surface area contributed by atoms with Crippen molar-refractivity contribution in [3.63, 3.8) is 0 Å². The number of nitrogens with one attached hydrogen (secondary N) is 1. The third-order valence-corrected chi connectivity index (χ3v) is 7.64. The average molecular weight is 463 g/mol. The van der Waals surface area contributed by atoms with Crippen LogP contribution in [0.5, 0.6) is 0 Å². The van der Waals surface area contributed by atoms with Gasteiger partial charge in [-0.2, -0.15) is 0 Å². The summed E-state index contributed by atoms with van der Waals surface area (Å²) in [5.41, 5.74) is 4.69. The fraction of sp³-hybridized carbons (Fsp3) is 0.444. The number of carbonyl (C=O) groups is 3. The molecule has 7 nitrogen and oxygen atoms in total. The number of hydrogen-bond donors (Lipinski definition) is 2. The number of carboxylic acids is 1. The van der Waals surface area contributed by atoms with Crippen LogP contribution in [0.1, 0.15) is 56.1 Å². The Morgan fingerprint density at radius 2 is 1.71 bits per heavy atom. The molecular weight excluding hydrogens is 432 g/mol. The van der Waals surface area contributed by atoms with E-state index in [4.69, 9.17) is 4.74 Å². The van der Waals surface area contributed by atoms with Gasteiger partial charge < -0.3 is 20.1 Å². The predicted octanol–water partition coefficient (Wildman–Crippen LogP) is 4.16. The molecule has 2 bridgehead atoms.